The number of carboxylic acids is 1. The lowest BCUT2D eigenvalue weighted by atomic mass is 10.1. The highest BCUT2D eigenvalue weighted by molar-refractivity contribution is 9.10. The van der Waals surface area contributed by atoms with Crippen LogP contribution in [0.5, 0.6) is 0 Å². The van der Waals surface area contributed by atoms with Crippen molar-refractivity contribution < 1.29 is 18.7 Å². The minimum absolute atomic E-state index is 0.00646. The molecule has 0 atom stereocenters. The maximum atomic E-state index is 13.3. The maximum absolute atomic E-state index is 13.3. The van der Waals surface area contributed by atoms with Gasteiger partial charge >= 0.3 is 5.97 Å². The summed E-state index contributed by atoms with van der Waals surface area (Å²) in [6.07, 6.45) is 0. The SMILES string of the molecule is O=C(O)c1cc(-c2ccc(-c3ccc(F)c(Cl)c3)o2)nc2ccc(Br)cc12. The first-order valence-corrected chi connectivity index (χ1v) is 8.99. The van der Waals surface area contributed by atoms with E-state index in [-0.39, 0.29) is 10.6 Å². The van der Waals surface area contributed by atoms with Crippen LogP contribution >= 0.6 is 27.5 Å². The van der Waals surface area contributed by atoms with Gasteiger partial charge < -0.3 is 9.52 Å². The van der Waals surface area contributed by atoms with Crippen LogP contribution in [0.3, 0.4) is 0 Å². The first-order valence-electron chi connectivity index (χ1n) is 7.81. The van der Waals surface area contributed by atoms with E-state index in [2.05, 4.69) is 20.9 Å². The van der Waals surface area contributed by atoms with Crippen molar-refractivity contribution in [3.63, 3.8) is 0 Å². The normalized spacial score (nSPS) is 11.1. The number of carboxylic acid groups (broad SMARTS) is 1. The van der Waals surface area contributed by atoms with Crippen molar-refractivity contribution in [3.8, 4) is 22.8 Å². The highest BCUT2D eigenvalue weighted by Gasteiger charge is 2.16. The molecule has 1 N–H and O–H groups in total. The van der Waals surface area contributed by atoms with E-state index in [1.165, 1.54) is 18.2 Å². The van der Waals surface area contributed by atoms with Gasteiger partial charge in [0.25, 0.3) is 0 Å². The lowest BCUT2D eigenvalue weighted by Gasteiger charge is -2.06. The van der Waals surface area contributed by atoms with Gasteiger partial charge in [-0.25, -0.2) is 14.2 Å². The summed E-state index contributed by atoms with van der Waals surface area (Å²) in [5.74, 6) is -0.696. The van der Waals surface area contributed by atoms with Gasteiger partial charge in [-0.05, 0) is 54.6 Å². The van der Waals surface area contributed by atoms with Crippen molar-refractivity contribution in [2.75, 3.05) is 0 Å². The third kappa shape index (κ3) is 3.34. The number of nitrogens with zero attached hydrogens (tertiary/aromatic N) is 1. The van der Waals surface area contributed by atoms with E-state index in [1.807, 2.05) is 0 Å². The first kappa shape index (κ1) is 17.7. The molecule has 4 aromatic rings. The zero-order chi connectivity index (χ0) is 19.1. The fourth-order valence-electron chi connectivity index (χ4n) is 2.78. The van der Waals surface area contributed by atoms with E-state index in [4.69, 9.17) is 16.0 Å². The van der Waals surface area contributed by atoms with Gasteiger partial charge in [-0.2, -0.15) is 0 Å². The molecule has 27 heavy (non-hydrogen) atoms. The van der Waals surface area contributed by atoms with E-state index < -0.39 is 11.8 Å². The van der Waals surface area contributed by atoms with Gasteiger partial charge in [0.2, 0.25) is 0 Å². The number of aromatic carboxylic acids is 1. The number of halogens is 3. The molecule has 2 aromatic carbocycles. The van der Waals surface area contributed by atoms with Crippen LogP contribution in [0.25, 0.3) is 33.7 Å². The van der Waals surface area contributed by atoms with Crippen LogP contribution in [-0.4, -0.2) is 16.1 Å². The molecule has 0 radical (unpaired) electrons. The third-order valence-electron chi connectivity index (χ3n) is 4.06. The van der Waals surface area contributed by atoms with E-state index in [9.17, 15) is 14.3 Å². The van der Waals surface area contributed by atoms with E-state index in [0.29, 0.717) is 33.7 Å². The number of rotatable bonds is 3. The zero-order valence-electron chi connectivity index (χ0n) is 13.5. The molecule has 2 heterocycles. The topological polar surface area (TPSA) is 63.3 Å². The summed E-state index contributed by atoms with van der Waals surface area (Å²) in [5.41, 5.74) is 1.66. The molecule has 4 rings (SSSR count). The molecule has 0 aliphatic carbocycles. The largest absolute Gasteiger partial charge is 0.478 e. The van der Waals surface area contributed by atoms with Gasteiger partial charge in [-0.3, -0.25) is 0 Å². The Balaban J connectivity index is 1.83. The lowest BCUT2D eigenvalue weighted by molar-refractivity contribution is 0.0699. The molecule has 134 valence electrons. The highest BCUT2D eigenvalue weighted by atomic mass is 79.9. The number of pyridine rings is 1. The van der Waals surface area contributed by atoms with Crippen LogP contribution in [0.4, 0.5) is 4.39 Å². The predicted octanol–water partition coefficient (Wildman–Crippen LogP) is 6.42. The summed E-state index contributed by atoms with van der Waals surface area (Å²) >= 11 is 9.17. The Kier molecular flexibility index (Phi) is 4.45. The van der Waals surface area contributed by atoms with Gasteiger partial charge in [-0.15, -0.1) is 0 Å². The van der Waals surface area contributed by atoms with Gasteiger partial charge in [0.1, 0.15) is 17.3 Å². The smallest absolute Gasteiger partial charge is 0.336 e. The molecule has 0 saturated heterocycles. The number of benzene rings is 2. The van der Waals surface area contributed by atoms with Crippen molar-refractivity contribution >= 4 is 44.4 Å². The molecular weight excluding hydrogens is 437 g/mol. The molecule has 7 heteroatoms. The molecule has 0 unspecified atom stereocenters. The molecule has 0 amide bonds. The second-order valence-corrected chi connectivity index (χ2v) is 7.14. The van der Waals surface area contributed by atoms with Gasteiger partial charge in [0.05, 0.1) is 16.1 Å². The zero-order valence-corrected chi connectivity index (χ0v) is 15.9. The summed E-state index contributed by atoms with van der Waals surface area (Å²) < 4.78 is 19.9. The molecule has 0 bridgehead atoms. The highest BCUT2D eigenvalue weighted by Crippen LogP contribution is 2.32. The Hall–Kier alpha value is -2.70. The Labute approximate surface area is 166 Å². The number of aromatic nitrogens is 1. The number of furan rings is 1. The van der Waals surface area contributed by atoms with Crippen molar-refractivity contribution in [1.82, 2.24) is 4.98 Å². The van der Waals surface area contributed by atoms with Crippen molar-refractivity contribution in [3.05, 3.63) is 75.5 Å². The summed E-state index contributed by atoms with van der Waals surface area (Å²) in [6, 6.07) is 14.4. The molecule has 4 nitrogen and oxygen atoms in total. The minimum Gasteiger partial charge on any atom is -0.478 e. The Morgan fingerprint density at radius 2 is 1.85 bits per heavy atom. The van der Waals surface area contributed by atoms with Crippen LogP contribution < -0.4 is 0 Å². The van der Waals surface area contributed by atoms with E-state index >= 15 is 0 Å². The Bertz CT molecular complexity index is 1210. The van der Waals surface area contributed by atoms with Gasteiger partial charge in [-0.1, -0.05) is 27.5 Å². The lowest BCUT2D eigenvalue weighted by Crippen LogP contribution is -2.00. The molecule has 2 aromatic heterocycles. The maximum Gasteiger partial charge on any atom is 0.336 e. The van der Waals surface area contributed by atoms with E-state index in [0.717, 1.165) is 4.47 Å². The molecule has 0 fully saturated rings. The average Bonchev–Trinajstić information content (AvgIpc) is 3.13. The summed E-state index contributed by atoms with van der Waals surface area (Å²) in [4.78, 5) is 16.2. The third-order valence-corrected chi connectivity index (χ3v) is 4.85. The quantitative estimate of drug-likeness (QED) is 0.395. The monoisotopic (exact) mass is 445 g/mol. The minimum atomic E-state index is -1.06. The summed E-state index contributed by atoms with van der Waals surface area (Å²) in [6.45, 7) is 0. The van der Waals surface area contributed by atoms with Crippen LogP contribution in [0.1, 0.15) is 10.4 Å². The van der Waals surface area contributed by atoms with Crippen molar-refractivity contribution in [2.24, 2.45) is 0 Å². The molecule has 0 aliphatic heterocycles. The summed E-state index contributed by atoms with van der Waals surface area (Å²) in [7, 11) is 0. The first-order chi connectivity index (χ1) is 12.9. The van der Waals surface area contributed by atoms with Crippen LogP contribution in [-0.2, 0) is 0 Å². The number of hydrogen-bond acceptors (Lipinski definition) is 3. The molecular formula is C20H10BrClFNO3. The molecule has 0 aliphatic rings. The van der Waals surface area contributed by atoms with E-state index in [1.54, 1.807) is 36.4 Å². The van der Waals surface area contributed by atoms with Crippen LogP contribution in [0.15, 0.2) is 63.5 Å². The fraction of sp³-hybridized carbons (Fsp3) is 0. The molecule has 0 saturated carbocycles. The number of fused-ring (bicyclic) bond motifs is 1. The second-order valence-electron chi connectivity index (χ2n) is 5.81. The number of carbonyl (C=O) groups is 1. The fourth-order valence-corrected chi connectivity index (χ4v) is 3.32. The van der Waals surface area contributed by atoms with Crippen LogP contribution in [0.2, 0.25) is 5.02 Å². The van der Waals surface area contributed by atoms with Crippen LogP contribution in [0, 0.1) is 5.82 Å². The average molecular weight is 447 g/mol. The molecule has 0 spiro atoms. The summed E-state index contributed by atoms with van der Waals surface area (Å²) in [5, 5.41) is 10.1. The Morgan fingerprint density at radius 3 is 2.59 bits per heavy atom. The van der Waals surface area contributed by atoms with Crippen molar-refractivity contribution in [1.29, 1.82) is 0 Å². The second kappa shape index (κ2) is 6.79. The van der Waals surface area contributed by atoms with Gasteiger partial charge in [0, 0.05) is 15.4 Å². The standard InChI is InChI=1S/C20H10BrClFNO3/c21-11-2-4-16-12(8-11)13(20(25)26)9-17(24-16)19-6-5-18(27-19)10-1-3-15(23)14(22)7-10/h1-9H,(H,25,26). The van der Waals surface area contributed by atoms with Gasteiger partial charge in [0.15, 0.2) is 5.76 Å². The number of hydrogen-bond donors (Lipinski definition) is 1. The predicted molar refractivity (Wildman–Crippen MR) is 105 cm³/mol. The van der Waals surface area contributed by atoms with Crippen molar-refractivity contribution in [2.45, 2.75) is 0 Å². The Morgan fingerprint density at radius 1 is 1.07 bits per heavy atom.